The highest BCUT2D eigenvalue weighted by atomic mass is 32.2. The van der Waals surface area contributed by atoms with E-state index in [0.29, 0.717) is 10.1 Å². The lowest BCUT2D eigenvalue weighted by atomic mass is 10.1. The van der Waals surface area contributed by atoms with Crippen LogP contribution in [0.3, 0.4) is 0 Å². The van der Waals surface area contributed by atoms with E-state index in [0.717, 1.165) is 35.1 Å². The molecular formula is C23H21N3OS. The summed E-state index contributed by atoms with van der Waals surface area (Å²) in [5.74, 6) is -0.116. The average molecular weight is 388 g/mol. The van der Waals surface area contributed by atoms with Crippen molar-refractivity contribution < 1.29 is 4.79 Å². The Morgan fingerprint density at radius 3 is 2.71 bits per heavy atom. The first-order chi connectivity index (χ1) is 13.7. The molecule has 0 unspecified atom stereocenters. The van der Waals surface area contributed by atoms with E-state index in [1.165, 1.54) is 17.3 Å². The van der Waals surface area contributed by atoms with Crippen LogP contribution in [0, 0.1) is 0 Å². The van der Waals surface area contributed by atoms with Gasteiger partial charge in [0, 0.05) is 29.2 Å². The first kappa shape index (κ1) is 18.3. The van der Waals surface area contributed by atoms with Crippen molar-refractivity contribution in [3.8, 4) is 0 Å². The van der Waals surface area contributed by atoms with E-state index in [-0.39, 0.29) is 5.91 Å². The molecule has 0 spiro atoms. The number of amidine groups is 1. The van der Waals surface area contributed by atoms with Gasteiger partial charge < -0.3 is 9.88 Å². The highest BCUT2D eigenvalue weighted by molar-refractivity contribution is 8.18. The fourth-order valence-corrected chi connectivity index (χ4v) is 4.06. The molecule has 4 nitrogen and oxygen atoms in total. The molecule has 140 valence electrons. The molecule has 28 heavy (non-hydrogen) atoms. The number of benzene rings is 2. The van der Waals surface area contributed by atoms with Crippen LogP contribution in [-0.2, 0) is 17.8 Å². The maximum atomic E-state index is 12.4. The van der Waals surface area contributed by atoms with Gasteiger partial charge in [0.25, 0.3) is 5.91 Å². The Balaban J connectivity index is 1.64. The quantitative estimate of drug-likeness (QED) is 0.478. The predicted octanol–water partition coefficient (Wildman–Crippen LogP) is 5.28. The standard InChI is InChI=1S/C23H21N3OS/c1-3-13-26-15-17(19-7-5-6-8-20(19)26)14-21-22(27)25-23(28-21)24-18-11-9-16(4-2)10-12-18/h3,5-12,14-15H,1,4,13H2,2H3,(H,24,25,27)/b21-14-. The third kappa shape index (κ3) is 3.66. The molecule has 1 fully saturated rings. The number of carbonyl (C=O) groups is 1. The van der Waals surface area contributed by atoms with Gasteiger partial charge in [0.2, 0.25) is 0 Å². The average Bonchev–Trinajstić information content (AvgIpc) is 3.23. The van der Waals surface area contributed by atoms with Gasteiger partial charge in [-0.2, -0.15) is 0 Å². The molecule has 0 radical (unpaired) electrons. The monoisotopic (exact) mass is 387 g/mol. The number of nitrogens with zero attached hydrogens (tertiary/aromatic N) is 2. The van der Waals surface area contributed by atoms with E-state index in [2.05, 4.69) is 58.8 Å². The van der Waals surface area contributed by atoms with Crippen molar-refractivity contribution in [2.75, 3.05) is 0 Å². The molecule has 1 saturated heterocycles. The Bertz CT molecular complexity index is 1110. The van der Waals surface area contributed by atoms with Crippen molar-refractivity contribution in [3.05, 3.63) is 83.4 Å². The molecule has 5 heteroatoms. The number of amides is 1. The van der Waals surface area contributed by atoms with Gasteiger partial charge in [0.1, 0.15) is 0 Å². The Labute approximate surface area is 168 Å². The van der Waals surface area contributed by atoms with Gasteiger partial charge >= 0.3 is 0 Å². The van der Waals surface area contributed by atoms with Gasteiger partial charge in [0.15, 0.2) is 5.17 Å². The van der Waals surface area contributed by atoms with E-state index in [1.54, 1.807) is 0 Å². The second kappa shape index (κ2) is 7.90. The van der Waals surface area contributed by atoms with Gasteiger partial charge in [-0.25, -0.2) is 4.99 Å². The predicted molar refractivity (Wildman–Crippen MR) is 119 cm³/mol. The molecule has 3 aromatic rings. The molecule has 4 rings (SSSR count). The zero-order valence-electron chi connectivity index (χ0n) is 15.7. The normalized spacial score (nSPS) is 16.8. The Morgan fingerprint density at radius 1 is 1.18 bits per heavy atom. The van der Waals surface area contributed by atoms with Crippen LogP contribution in [0.4, 0.5) is 5.69 Å². The maximum Gasteiger partial charge on any atom is 0.264 e. The summed E-state index contributed by atoms with van der Waals surface area (Å²) in [7, 11) is 0. The number of para-hydroxylation sites is 1. The molecule has 0 saturated carbocycles. The minimum Gasteiger partial charge on any atom is -0.343 e. The van der Waals surface area contributed by atoms with Crippen molar-refractivity contribution in [1.82, 2.24) is 9.88 Å². The number of hydrogen-bond donors (Lipinski definition) is 1. The first-order valence-electron chi connectivity index (χ1n) is 9.25. The number of hydrogen-bond acceptors (Lipinski definition) is 3. The molecular weight excluding hydrogens is 366 g/mol. The molecule has 1 aromatic heterocycles. The lowest BCUT2D eigenvalue weighted by Crippen LogP contribution is -2.19. The first-order valence-corrected chi connectivity index (χ1v) is 10.1. The maximum absolute atomic E-state index is 12.4. The molecule has 1 N–H and O–H groups in total. The van der Waals surface area contributed by atoms with Crippen LogP contribution in [0.1, 0.15) is 18.1 Å². The Hall–Kier alpha value is -3.05. The van der Waals surface area contributed by atoms with Crippen LogP contribution in [0.2, 0.25) is 0 Å². The van der Waals surface area contributed by atoms with Crippen LogP contribution < -0.4 is 5.32 Å². The lowest BCUT2D eigenvalue weighted by molar-refractivity contribution is -0.115. The topological polar surface area (TPSA) is 46.4 Å². The zero-order chi connectivity index (χ0) is 19.5. The Kier molecular flexibility index (Phi) is 5.17. The van der Waals surface area contributed by atoms with E-state index in [4.69, 9.17) is 0 Å². The van der Waals surface area contributed by atoms with E-state index < -0.39 is 0 Å². The van der Waals surface area contributed by atoms with Gasteiger partial charge in [0.05, 0.1) is 10.6 Å². The zero-order valence-corrected chi connectivity index (χ0v) is 16.5. The molecule has 1 aliphatic heterocycles. The van der Waals surface area contributed by atoms with Gasteiger partial charge in [-0.3, -0.25) is 4.79 Å². The fourth-order valence-electron chi connectivity index (χ4n) is 3.23. The number of fused-ring (bicyclic) bond motifs is 1. The molecule has 1 amide bonds. The SMILES string of the molecule is C=CCn1cc(/C=C2\SC(=Nc3ccc(CC)cc3)NC2=O)c2ccccc21. The fraction of sp³-hybridized carbons (Fsp3) is 0.130. The molecule has 0 bridgehead atoms. The van der Waals surface area contributed by atoms with Crippen LogP contribution in [0.15, 0.2) is 77.3 Å². The number of thioether (sulfide) groups is 1. The van der Waals surface area contributed by atoms with Crippen molar-refractivity contribution >= 4 is 45.5 Å². The summed E-state index contributed by atoms with van der Waals surface area (Å²) in [6.45, 7) is 6.68. The van der Waals surface area contributed by atoms with Crippen molar-refractivity contribution in [2.45, 2.75) is 19.9 Å². The minimum absolute atomic E-state index is 0.116. The van der Waals surface area contributed by atoms with E-state index in [1.807, 2.05) is 36.4 Å². The van der Waals surface area contributed by atoms with Crippen LogP contribution in [-0.4, -0.2) is 15.6 Å². The summed E-state index contributed by atoms with van der Waals surface area (Å²) in [5, 5.41) is 4.59. The smallest absolute Gasteiger partial charge is 0.264 e. The van der Waals surface area contributed by atoms with E-state index >= 15 is 0 Å². The lowest BCUT2D eigenvalue weighted by Gasteiger charge is -1.98. The summed E-state index contributed by atoms with van der Waals surface area (Å²) < 4.78 is 2.14. The largest absolute Gasteiger partial charge is 0.343 e. The number of aryl methyl sites for hydroxylation is 1. The Morgan fingerprint density at radius 2 is 1.96 bits per heavy atom. The summed E-state index contributed by atoms with van der Waals surface area (Å²) in [6.07, 6.45) is 6.86. The van der Waals surface area contributed by atoms with Crippen LogP contribution >= 0.6 is 11.8 Å². The number of rotatable bonds is 5. The van der Waals surface area contributed by atoms with Gasteiger partial charge in [-0.1, -0.05) is 43.3 Å². The number of aliphatic imine (C=N–C) groups is 1. The molecule has 0 aliphatic carbocycles. The molecule has 2 heterocycles. The van der Waals surface area contributed by atoms with Crippen molar-refractivity contribution in [3.63, 3.8) is 0 Å². The number of carbonyl (C=O) groups excluding carboxylic acids is 1. The number of nitrogens with one attached hydrogen (secondary N) is 1. The summed E-state index contributed by atoms with van der Waals surface area (Å²) in [5.41, 5.74) is 4.25. The third-order valence-electron chi connectivity index (χ3n) is 4.66. The summed E-state index contributed by atoms with van der Waals surface area (Å²) in [6, 6.07) is 16.3. The van der Waals surface area contributed by atoms with Crippen molar-refractivity contribution in [1.29, 1.82) is 0 Å². The highest BCUT2D eigenvalue weighted by Crippen LogP contribution is 2.31. The summed E-state index contributed by atoms with van der Waals surface area (Å²) in [4.78, 5) is 17.6. The van der Waals surface area contributed by atoms with Crippen LogP contribution in [0.25, 0.3) is 17.0 Å². The number of aromatic nitrogens is 1. The molecule has 1 aliphatic rings. The van der Waals surface area contributed by atoms with Crippen LogP contribution in [0.5, 0.6) is 0 Å². The van der Waals surface area contributed by atoms with Crippen molar-refractivity contribution in [2.24, 2.45) is 4.99 Å². The van der Waals surface area contributed by atoms with Gasteiger partial charge in [-0.05, 0) is 48.0 Å². The summed E-state index contributed by atoms with van der Waals surface area (Å²) >= 11 is 1.37. The minimum atomic E-state index is -0.116. The third-order valence-corrected chi connectivity index (χ3v) is 5.57. The second-order valence-corrected chi connectivity index (χ2v) is 7.58. The van der Waals surface area contributed by atoms with E-state index in [9.17, 15) is 4.79 Å². The number of allylic oxidation sites excluding steroid dienone is 1. The molecule has 0 atom stereocenters. The van der Waals surface area contributed by atoms with Gasteiger partial charge in [-0.15, -0.1) is 6.58 Å². The molecule has 2 aromatic carbocycles. The second-order valence-electron chi connectivity index (χ2n) is 6.54. The highest BCUT2D eigenvalue weighted by Gasteiger charge is 2.24.